The van der Waals surface area contributed by atoms with Gasteiger partial charge in [-0.1, -0.05) is 6.08 Å². The summed E-state index contributed by atoms with van der Waals surface area (Å²) >= 11 is 0. The molecule has 1 aliphatic rings. The van der Waals surface area contributed by atoms with Gasteiger partial charge in [0.15, 0.2) is 6.29 Å². The van der Waals surface area contributed by atoms with E-state index in [0.29, 0.717) is 28.7 Å². The van der Waals surface area contributed by atoms with Crippen LogP contribution in [0.25, 0.3) is 11.0 Å². The molecule has 7 nitrogen and oxygen atoms in total. The Labute approximate surface area is 183 Å². The van der Waals surface area contributed by atoms with Crippen molar-refractivity contribution >= 4 is 47.7 Å². The van der Waals surface area contributed by atoms with Gasteiger partial charge in [0.1, 0.15) is 11.9 Å². The largest absolute Gasteiger partial charge is 0.496 e. The van der Waals surface area contributed by atoms with Crippen molar-refractivity contribution in [2.24, 2.45) is 0 Å². The van der Waals surface area contributed by atoms with Crippen LogP contribution in [0.1, 0.15) is 38.1 Å². The SMILES string of the molecule is CN(C)c1cc2oc(N(C)/C=C\C=C/C=O)c(C=O)c2cc1B1OC(C)(C)C(C)(C)O1. The quantitative estimate of drug-likeness (QED) is 0.292. The minimum Gasteiger partial charge on any atom is -0.439 e. The molecule has 0 saturated carbocycles. The fraction of sp³-hybridized carbons (Fsp3) is 0.391. The van der Waals surface area contributed by atoms with Crippen LogP contribution in [0.4, 0.5) is 11.6 Å². The summed E-state index contributed by atoms with van der Waals surface area (Å²) in [6, 6.07) is 3.81. The van der Waals surface area contributed by atoms with Crippen LogP contribution in [0.5, 0.6) is 0 Å². The molecular weight excluding hydrogens is 395 g/mol. The van der Waals surface area contributed by atoms with E-state index in [-0.39, 0.29) is 0 Å². The van der Waals surface area contributed by atoms with E-state index in [1.807, 2.05) is 58.8 Å². The zero-order valence-corrected chi connectivity index (χ0v) is 19.1. The van der Waals surface area contributed by atoms with E-state index in [0.717, 1.165) is 17.4 Å². The van der Waals surface area contributed by atoms with Gasteiger partial charge in [-0.3, -0.25) is 9.59 Å². The molecule has 1 aliphatic heterocycles. The number of rotatable bonds is 7. The monoisotopic (exact) mass is 424 g/mol. The third kappa shape index (κ3) is 4.18. The number of hydrogen-bond donors (Lipinski definition) is 0. The molecule has 8 heteroatoms. The van der Waals surface area contributed by atoms with E-state index in [9.17, 15) is 9.59 Å². The van der Waals surface area contributed by atoms with Crippen LogP contribution in [-0.2, 0) is 14.1 Å². The third-order valence-corrected chi connectivity index (χ3v) is 5.89. The summed E-state index contributed by atoms with van der Waals surface area (Å²) in [6.45, 7) is 8.03. The van der Waals surface area contributed by atoms with E-state index in [1.54, 1.807) is 30.3 Å². The molecule has 1 aromatic carbocycles. The molecule has 2 heterocycles. The lowest BCUT2D eigenvalue weighted by atomic mass is 9.76. The number of furan rings is 1. The fourth-order valence-corrected chi connectivity index (χ4v) is 3.43. The zero-order chi connectivity index (χ0) is 23.0. The van der Waals surface area contributed by atoms with Gasteiger partial charge in [0, 0.05) is 49.9 Å². The van der Waals surface area contributed by atoms with Crippen LogP contribution in [0.2, 0.25) is 0 Å². The van der Waals surface area contributed by atoms with E-state index in [2.05, 4.69) is 0 Å². The first-order chi connectivity index (χ1) is 14.5. The van der Waals surface area contributed by atoms with Crippen molar-refractivity contribution in [3.05, 3.63) is 42.1 Å². The highest BCUT2D eigenvalue weighted by atomic mass is 16.7. The smallest absolute Gasteiger partial charge is 0.439 e. The van der Waals surface area contributed by atoms with Crippen molar-refractivity contribution < 1.29 is 23.3 Å². The van der Waals surface area contributed by atoms with E-state index >= 15 is 0 Å². The third-order valence-electron chi connectivity index (χ3n) is 5.89. The van der Waals surface area contributed by atoms with Gasteiger partial charge in [0.25, 0.3) is 0 Å². The van der Waals surface area contributed by atoms with Gasteiger partial charge in [-0.05, 0) is 45.9 Å². The lowest BCUT2D eigenvalue weighted by molar-refractivity contribution is -0.104. The van der Waals surface area contributed by atoms with Crippen molar-refractivity contribution in [2.45, 2.75) is 38.9 Å². The normalized spacial score (nSPS) is 17.7. The Bertz CT molecular complexity index is 1040. The molecule has 0 aliphatic carbocycles. The molecule has 1 saturated heterocycles. The number of carbonyl (C=O) groups is 2. The summed E-state index contributed by atoms with van der Waals surface area (Å²) in [5.74, 6) is 0.413. The summed E-state index contributed by atoms with van der Waals surface area (Å²) < 4.78 is 18.6. The molecule has 3 rings (SSSR count). The van der Waals surface area contributed by atoms with E-state index in [4.69, 9.17) is 13.7 Å². The minimum absolute atomic E-state index is 0.413. The number of carbonyl (C=O) groups excluding carboxylic acids is 2. The second-order valence-electron chi connectivity index (χ2n) is 8.80. The van der Waals surface area contributed by atoms with Crippen LogP contribution in [-0.4, -0.2) is 52.0 Å². The van der Waals surface area contributed by atoms with E-state index in [1.165, 1.54) is 6.08 Å². The highest BCUT2D eigenvalue weighted by molar-refractivity contribution is 6.64. The van der Waals surface area contributed by atoms with Gasteiger partial charge < -0.3 is 23.5 Å². The van der Waals surface area contributed by atoms with Crippen LogP contribution >= 0.6 is 0 Å². The molecule has 0 bridgehead atoms. The molecule has 1 aromatic heterocycles. The lowest BCUT2D eigenvalue weighted by Crippen LogP contribution is -2.41. The van der Waals surface area contributed by atoms with Gasteiger partial charge in [-0.2, -0.15) is 0 Å². The Morgan fingerprint density at radius 1 is 0.935 bits per heavy atom. The number of fused-ring (bicyclic) bond motifs is 1. The predicted molar refractivity (Wildman–Crippen MR) is 124 cm³/mol. The first-order valence-electron chi connectivity index (χ1n) is 10.1. The lowest BCUT2D eigenvalue weighted by Gasteiger charge is -2.32. The maximum atomic E-state index is 12.0. The topological polar surface area (TPSA) is 72.2 Å². The Morgan fingerprint density at radius 3 is 2.13 bits per heavy atom. The fourth-order valence-electron chi connectivity index (χ4n) is 3.43. The highest BCUT2D eigenvalue weighted by Gasteiger charge is 2.52. The van der Waals surface area contributed by atoms with Crippen LogP contribution in [0, 0.1) is 0 Å². The number of nitrogens with zero attached hydrogens (tertiary/aromatic N) is 2. The van der Waals surface area contributed by atoms with Crippen LogP contribution in [0.15, 0.2) is 41.0 Å². The van der Waals surface area contributed by atoms with E-state index < -0.39 is 18.3 Å². The van der Waals surface area contributed by atoms with Crippen molar-refractivity contribution in [3.8, 4) is 0 Å². The predicted octanol–water partition coefficient (Wildman–Crippen LogP) is 3.32. The molecule has 1 fully saturated rings. The number of aldehydes is 2. The van der Waals surface area contributed by atoms with Gasteiger partial charge in [0.05, 0.1) is 16.8 Å². The minimum atomic E-state index is -0.573. The van der Waals surface area contributed by atoms with Gasteiger partial charge in [0.2, 0.25) is 5.88 Å². The molecule has 0 atom stereocenters. The molecule has 0 spiro atoms. The second kappa shape index (κ2) is 8.36. The zero-order valence-electron chi connectivity index (χ0n) is 19.1. The summed E-state index contributed by atoms with van der Waals surface area (Å²) in [5, 5.41) is 0.684. The highest BCUT2D eigenvalue weighted by Crippen LogP contribution is 2.39. The maximum Gasteiger partial charge on any atom is 0.496 e. The Morgan fingerprint density at radius 2 is 1.58 bits per heavy atom. The Kier molecular flexibility index (Phi) is 6.16. The Hall–Kier alpha value is -2.84. The molecular formula is C23H29BN2O5. The molecule has 0 radical (unpaired) electrons. The van der Waals surface area contributed by atoms with Crippen molar-refractivity contribution in [2.75, 3.05) is 30.9 Å². The van der Waals surface area contributed by atoms with Crippen molar-refractivity contribution in [1.29, 1.82) is 0 Å². The number of hydrogen-bond acceptors (Lipinski definition) is 7. The van der Waals surface area contributed by atoms with Crippen molar-refractivity contribution in [1.82, 2.24) is 0 Å². The maximum absolute atomic E-state index is 12.0. The summed E-state index contributed by atoms with van der Waals surface area (Å²) in [7, 11) is 5.08. The molecule has 31 heavy (non-hydrogen) atoms. The molecule has 0 N–H and O–H groups in total. The molecule has 0 unspecified atom stereocenters. The molecule has 164 valence electrons. The average Bonchev–Trinajstić information content (AvgIpc) is 3.16. The number of anilines is 2. The van der Waals surface area contributed by atoms with Gasteiger partial charge in [-0.15, -0.1) is 0 Å². The second-order valence-corrected chi connectivity index (χ2v) is 8.80. The summed E-state index contributed by atoms with van der Waals surface area (Å²) in [6.07, 6.45) is 7.87. The Balaban J connectivity index is 2.12. The van der Waals surface area contributed by atoms with Crippen LogP contribution < -0.4 is 15.3 Å². The van der Waals surface area contributed by atoms with Gasteiger partial charge in [-0.25, -0.2) is 0 Å². The number of allylic oxidation sites excluding steroid dienone is 3. The first kappa shape index (κ1) is 22.8. The first-order valence-corrected chi connectivity index (χ1v) is 10.1. The van der Waals surface area contributed by atoms with Crippen LogP contribution in [0.3, 0.4) is 0 Å². The summed E-state index contributed by atoms with van der Waals surface area (Å²) in [5.41, 5.74) is 1.78. The summed E-state index contributed by atoms with van der Waals surface area (Å²) in [4.78, 5) is 26.1. The molecule has 2 aromatic rings. The van der Waals surface area contributed by atoms with Crippen molar-refractivity contribution in [3.63, 3.8) is 0 Å². The standard InChI is InChI=1S/C23H29BN2O5/c1-22(2)23(3,4)31-24(30-22)18-13-16-17(15-28)21(26(7)11-9-8-10-12-27)29-20(16)14-19(18)25(5)6/h8-15H,1-7H3/b10-8-,11-9-. The van der Waals surface area contributed by atoms with Gasteiger partial charge >= 0.3 is 7.12 Å². The molecule has 0 amide bonds. The average molecular weight is 424 g/mol. The number of benzene rings is 1.